The number of aryl methyl sites for hydroxylation is 2. The van der Waals surface area contributed by atoms with E-state index in [9.17, 15) is 9.59 Å². The minimum absolute atomic E-state index is 0.0849. The maximum Gasteiger partial charge on any atom is 0.338 e. The Hall–Kier alpha value is -3.60. The minimum Gasteiger partial charge on any atom is -0.489 e. The Morgan fingerprint density at radius 2 is 2.00 bits per heavy atom. The predicted octanol–water partition coefficient (Wildman–Crippen LogP) is 2.21. The van der Waals surface area contributed by atoms with E-state index in [4.69, 9.17) is 25.0 Å². The molecule has 27 heavy (non-hydrogen) atoms. The number of hydrogen-bond donors (Lipinski definition) is 1. The van der Waals surface area contributed by atoms with E-state index in [1.54, 1.807) is 25.1 Å². The molecule has 2 aromatic rings. The van der Waals surface area contributed by atoms with Crippen LogP contribution in [0.2, 0.25) is 0 Å². The van der Waals surface area contributed by atoms with Gasteiger partial charge in [-0.05, 0) is 38.1 Å². The number of ether oxygens (including phenoxy) is 2. The topological polar surface area (TPSA) is 128 Å². The van der Waals surface area contributed by atoms with Crippen molar-refractivity contribution in [3.8, 4) is 11.8 Å². The van der Waals surface area contributed by atoms with Gasteiger partial charge in [0.15, 0.2) is 12.4 Å². The molecule has 0 aliphatic carbocycles. The summed E-state index contributed by atoms with van der Waals surface area (Å²) in [5.74, 6) is -1.28. The molecule has 1 aromatic heterocycles. The standard InChI is InChI=1S/C19H19N3O5/c1-11(21)16(8-20)18(23)10-26-19(24)14-4-6-15(7-5-14)25-9-17-12(2)22-27-13(17)3/h4-7,16H,1,9-10,21H2,2-3H3/t16-/m0/s1. The quantitative estimate of drug-likeness (QED) is 0.701. The van der Waals surface area contributed by atoms with E-state index in [1.165, 1.54) is 12.1 Å². The van der Waals surface area contributed by atoms with Gasteiger partial charge in [-0.25, -0.2) is 4.79 Å². The zero-order chi connectivity index (χ0) is 20.0. The fourth-order valence-corrected chi connectivity index (χ4v) is 2.22. The summed E-state index contributed by atoms with van der Waals surface area (Å²) in [5.41, 5.74) is 7.14. The van der Waals surface area contributed by atoms with E-state index in [-0.39, 0.29) is 17.9 Å². The molecule has 1 atom stereocenters. The molecule has 0 spiro atoms. The Bertz CT molecular complexity index is 874. The summed E-state index contributed by atoms with van der Waals surface area (Å²) >= 11 is 0. The van der Waals surface area contributed by atoms with Gasteiger partial charge in [0.1, 0.15) is 24.0 Å². The Labute approximate surface area is 156 Å². The maximum atomic E-state index is 12.0. The highest BCUT2D eigenvalue weighted by Crippen LogP contribution is 2.18. The molecule has 0 fully saturated rings. The largest absolute Gasteiger partial charge is 0.489 e. The molecule has 0 saturated heterocycles. The molecule has 2 N–H and O–H groups in total. The lowest BCUT2D eigenvalue weighted by Gasteiger charge is -2.09. The van der Waals surface area contributed by atoms with Crippen LogP contribution in [0.4, 0.5) is 0 Å². The molecule has 0 bridgehead atoms. The first-order valence-corrected chi connectivity index (χ1v) is 8.01. The van der Waals surface area contributed by atoms with Crippen molar-refractivity contribution in [3.63, 3.8) is 0 Å². The molecule has 0 radical (unpaired) electrons. The SMILES string of the molecule is C=C(N)[C@H](C#N)C(=O)COC(=O)c1ccc(OCc2c(C)noc2C)cc1. The molecule has 0 aliphatic heterocycles. The number of hydrogen-bond acceptors (Lipinski definition) is 8. The summed E-state index contributed by atoms with van der Waals surface area (Å²) in [6.45, 7) is 6.72. The van der Waals surface area contributed by atoms with Crippen LogP contribution >= 0.6 is 0 Å². The van der Waals surface area contributed by atoms with Crippen LogP contribution in [0.5, 0.6) is 5.75 Å². The third-order valence-electron chi connectivity index (χ3n) is 3.82. The summed E-state index contributed by atoms with van der Waals surface area (Å²) in [6, 6.07) is 7.95. The van der Waals surface area contributed by atoms with Crippen molar-refractivity contribution >= 4 is 11.8 Å². The molecular weight excluding hydrogens is 350 g/mol. The first-order valence-electron chi connectivity index (χ1n) is 8.01. The molecular formula is C19H19N3O5. The van der Waals surface area contributed by atoms with Crippen molar-refractivity contribution < 1.29 is 23.6 Å². The highest BCUT2D eigenvalue weighted by molar-refractivity contribution is 5.93. The number of nitrogens with two attached hydrogens (primary N) is 1. The number of ketones is 1. The lowest BCUT2D eigenvalue weighted by atomic mass is 10.0. The third kappa shape index (κ3) is 4.95. The van der Waals surface area contributed by atoms with Crippen molar-refractivity contribution in [1.82, 2.24) is 5.16 Å². The van der Waals surface area contributed by atoms with Crippen LogP contribution in [0.25, 0.3) is 0 Å². The molecule has 2 rings (SSSR count). The van der Waals surface area contributed by atoms with Crippen molar-refractivity contribution in [1.29, 1.82) is 5.26 Å². The van der Waals surface area contributed by atoms with Crippen molar-refractivity contribution in [2.24, 2.45) is 11.7 Å². The van der Waals surface area contributed by atoms with Crippen molar-refractivity contribution in [3.05, 3.63) is 59.1 Å². The third-order valence-corrected chi connectivity index (χ3v) is 3.82. The number of nitriles is 1. The second kappa shape index (κ2) is 8.67. The van der Waals surface area contributed by atoms with Gasteiger partial charge in [0.05, 0.1) is 22.9 Å². The number of carbonyl (C=O) groups excluding carboxylic acids is 2. The Morgan fingerprint density at radius 3 is 2.52 bits per heavy atom. The zero-order valence-corrected chi connectivity index (χ0v) is 15.0. The van der Waals surface area contributed by atoms with Crippen LogP contribution in [-0.4, -0.2) is 23.5 Å². The van der Waals surface area contributed by atoms with Crippen LogP contribution in [0, 0.1) is 31.1 Å². The molecule has 8 heteroatoms. The minimum atomic E-state index is -1.20. The summed E-state index contributed by atoms with van der Waals surface area (Å²) in [5, 5.41) is 12.7. The average Bonchev–Trinajstić information content (AvgIpc) is 2.96. The molecule has 0 saturated carbocycles. The number of rotatable bonds is 8. The van der Waals surface area contributed by atoms with E-state index in [2.05, 4.69) is 11.7 Å². The number of allylic oxidation sites excluding steroid dienone is 1. The molecule has 0 unspecified atom stereocenters. The second-order valence-electron chi connectivity index (χ2n) is 5.80. The second-order valence-corrected chi connectivity index (χ2v) is 5.80. The van der Waals surface area contributed by atoms with Crippen LogP contribution in [0.15, 0.2) is 41.1 Å². The van der Waals surface area contributed by atoms with Gasteiger partial charge in [-0.1, -0.05) is 11.7 Å². The van der Waals surface area contributed by atoms with Gasteiger partial charge in [0.25, 0.3) is 0 Å². The van der Waals surface area contributed by atoms with Gasteiger partial charge in [0, 0.05) is 5.70 Å². The molecule has 140 valence electrons. The van der Waals surface area contributed by atoms with Gasteiger partial charge >= 0.3 is 5.97 Å². The first-order chi connectivity index (χ1) is 12.8. The maximum absolute atomic E-state index is 12.0. The monoisotopic (exact) mass is 369 g/mol. The van der Waals surface area contributed by atoms with E-state index in [0.29, 0.717) is 11.5 Å². The zero-order valence-electron chi connectivity index (χ0n) is 15.0. The Kier molecular flexibility index (Phi) is 6.33. The van der Waals surface area contributed by atoms with Crippen LogP contribution in [0.1, 0.15) is 27.4 Å². The Balaban J connectivity index is 1.91. The summed E-state index contributed by atoms with van der Waals surface area (Å²) < 4.78 is 15.6. The van der Waals surface area contributed by atoms with Gasteiger partial charge in [-0.15, -0.1) is 0 Å². The van der Waals surface area contributed by atoms with E-state index >= 15 is 0 Å². The van der Waals surface area contributed by atoms with Crippen LogP contribution < -0.4 is 10.5 Å². The van der Waals surface area contributed by atoms with Crippen molar-refractivity contribution in [2.75, 3.05) is 6.61 Å². The Morgan fingerprint density at radius 1 is 1.33 bits per heavy atom. The normalized spacial score (nSPS) is 11.3. The van der Waals surface area contributed by atoms with Gasteiger partial charge in [0.2, 0.25) is 0 Å². The molecule has 0 amide bonds. The van der Waals surface area contributed by atoms with Crippen LogP contribution in [0.3, 0.4) is 0 Å². The van der Waals surface area contributed by atoms with E-state index in [1.807, 2.05) is 6.92 Å². The highest BCUT2D eigenvalue weighted by Gasteiger charge is 2.21. The summed E-state index contributed by atoms with van der Waals surface area (Å²) in [7, 11) is 0. The van der Waals surface area contributed by atoms with E-state index < -0.39 is 24.3 Å². The highest BCUT2D eigenvalue weighted by atomic mass is 16.5. The van der Waals surface area contributed by atoms with Crippen molar-refractivity contribution in [2.45, 2.75) is 20.5 Å². The fourth-order valence-electron chi connectivity index (χ4n) is 2.22. The number of carbonyl (C=O) groups is 2. The number of benzene rings is 1. The first kappa shape index (κ1) is 19.7. The molecule has 0 aliphatic rings. The lowest BCUT2D eigenvalue weighted by molar-refractivity contribution is -0.123. The number of aromatic nitrogens is 1. The summed E-state index contributed by atoms with van der Waals surface area (Å²) in [6.07, 6.45) is 0. The predicted molar refractivity (Wildman–Crippen MR) is 94.5 cm³/mol. The number of nitrogens with zero attached hydrogens (tertiary/aromatic N) is 2. The van der Waals surface area contributed by atoms with Gasteiger partial charge in [-0.2, -0.15) is 5.26 Å². The van der Waals surface area contributed by atoms with Gasteiger partial charge in [-0.3, -0.25) is 4.79 Å². The molecule has 8 nitrogen and oxygen atoms in total. The average molecular weight is 369 g/mol. The summed E-state index contributed by atoms with van der Waals surface area (Å²) in [4.78, 5) is 23.8. The lowest BCUT2D eigenvalue weighted by Crippen LogP contribution is -2.25. The van der Waals surface area contributed by atoms with Gasteiger partial charge < -0.3 is 19.7 Å². The van der Waals surface area contributed by atoms with Crippen LogP contribution in [-0.2, 0) is 16.1 Å². The molecule has 1 aromatic carbocycles. The number of esters is 1. The smallest absolute Gasteiger partial charge is 0.338 e. The number of Topliss-reactive ketones (excluding diaryl/α,β-unsaturated/α-hetero) is 1. The molecule has 1 heterocycles. The van der Waals surface area contributed by atoms with E-state index in [0.717, 1.165) is 11.3 Å². The fraction of sp³-hybridized carbons (Fsp3) is 0.263.